The van der Waals surface area contributed by atoms with Gasteiger partial charge in [-0.1, -0.05) is 40.9 Å². The van der Waals surface area contributed by atoms with Gasteiger partial charge >= 0.3 is 0 Å². The first-order valence-corrected chi connectivity index (χ1v) is 12.5. The van der Waals surface area contributed by atoms with E-state index in [4.69, 9.17) is 58.0 Å². The van der Waals surface area contributed by atoms with E-state index in [1.54, 1.807) is 18.2 Å². The van der Waals surface area contributed by atoms with Crippen molar-refractivity contribution in [2.24, 2.45) is 5.92 Å². The standard InChI is InChI=1S/C25H17Cl5F2N2O2/c26-14-5-13(6-15(27)7-14)22-23(25(22,29)30)24(36)34-17-3-4-19(28)18(9-17)21(35)11-33-10-12-1-2-16(31)8-20(12)32/h1-9,22-23,33H,10-11H2,(H,34,36). The summed E-state index contributed by atoms with van der Waals surface area (Å²) in [6, 6.07) is 12.5. The Hall–Kier alpha value is -1.93. The molecule has 0 spiro atoms. The van der Waals surface area contributed by atoms with Crippen molar-refractivity contribution in [3.8, 4) is 0 Å². The van der Waals surface area contributed by atoms with Crippen LogP contribution in [0, 0.1) is 17.6 Å². The Morgan fingerprint density at radius 1 is 0.917 bits per heavy atom. The minimum Gasteiger partial charge on any atom is -0.326 e. The molecule has 4 nitrogen and oxygen atoms in total. The van der Waals surface area contributed by atoms with E-state index in [1.165, 1.54) is 24.3 Å². The molecule has 36 heavy (non-hydrogen) atoms. The van der Waals surface area contributed by atoms with Crippen molar-refractivity contribution in [3.63, 3.8) is 0 Å². The van der Waals surface area contributed by atoms with Gasteiger partial charge in [0.2, 0.25) is 5.91 Å². The number of nitrogens with one attached hydrogen (secondary N) is 2. The highest BCUT2D eigenvalue weighted by molar-refractivity contribution is 6.53. The van der Waals surface area contributed by atoms with E-state index in [-0.39, 0.29) is 35.0 Å². The molecule has 2 N–H and O–H groups in total. The summed E-state index contributed by atoms with van der Waals surface area (Å²) >= 11 is 31.1. The Labute approximate surface area is 230 Å². The Bertz CT molecular complexity index is 1330. The number of benzene rings is 3. The molecule has 0 aromatic heterocycles. The average molecular weight is 593 g/mol. The first kappa shape index (κ1) is 27.1. The molecular formula is C25H17Cl5F2N2O2. The van der Waals surface area contributed by atoms with E-state index in [9.17, 15) is 18.4 Å². The topological polar surface area (TPSA) is 58.2 Å². The SMILES string of the molecule is O=C(CNCc1ccc(F)cc1F)c1cc(NC(=O)C2C(c3cc(Cl)cc(Cl)c3)C2(Cl)Cl)ccc1Cl. The molecule has 1 aliphatic rings. The maximum absolute atomic E-state index is 13.8. The van der Waals surface area contributed by atoms with Gasteiger partial charge in [0.1, 0.15) is 16.0 Å². The molecule has 0 bridgehead atoms. The van der Waals surface area contributed by atoms with Gasteiger partial charge in [-0.2, -0.15) is 0 Å². The number of hydrogen-bond acceptors (Lipinski definition) is 3. The molecule has 2 unspecified atom stereocenters. The second-order valence-electron chi connectivity index (χ2n) is 8.28. The Morgan fingerprint density at radius 3 is 2.28 bits per heavy atom. The maximum Gasteiger partial charge on any atom is 0.231 e. The van der Waals surface area contributed by atoms with Crippen molar-refractivity contribution < 1.29 is 18.4 Å². The van der Waals surface area contributed by atoms with Gasteiger partial charge in [0.15, 0.2) is 5.78 Å². The first-order valence-electron chi connectivity index (χ1n) is 10.6. The largest absolute Gasteiger partial charge is 0.326 e. The predicted molar refractivity (Wildman–Crippen MR) is 140 cm³/mol. The lowest BCUT2D eigenvalue weighted by Crippen LogP contribution is -2.23. The number of rotatable bonds is 8. The summed E-state index contributed by atoms with van der Waals surface area (Å²) in [6.45, 7) is -0.156. The van der Waals surface area contributed by atoms with Gasteiger partial charge in [-0.05, 0) is 48.0 Å². The first-order chi connectivity index (χ1) is 17.0. The molecular weight excluding hydrogens is 576 g/mol. The number of Topliss-reactive ketones (excluding diaryl/α,β-unsaturated/α-hetero) is 1. The van der Waals surface area contributed by atoms with Crippen LogP contribution in [0.25, 0.3) is 0 Å². The smallest absolute Gasteiger partial charge is 0.231 e. The van der Waals surface area contributed by atoms with Crippen LogP contribution in [-0.2, 0) is 11.3 Å². The molecule has 1 saturated carbocycles. The van der Waals surface area contributed by atoms with Crippen LogP contribution < -0.4 is 10.6 Å². The highest BCUT2D eigenvalue weighted by Gasteiger charge is 2.67. The minimum absolute atomic E-state index is 0.00993. The van der Waals surface area contributed by atoms with E-state index in [0.717, 1.165) is 12.1 Å². The third-order valence-corrected chi connectivity index (χ3v) is 7.44. The van der Waals surface area contributed by atoms with E-state index in [1.807, 2.05) is 0 Å². The van der Waals surface area contributed by atoms with Crippen LogP contribution in [0.2, 0.25) is 15.1 Å². The van der Waals surface area contributed by atoms with Crippen LogP contribution in [0.5, 0.6) is 0 Å². The summed E-state index contributed by atoms with van der Waals surface area (Å²) in [5, 5.41) is 6.48. The maximum atomic E-state index is 13.8. The lowest BCUT2D eigenvalue weighted by Gasteiger charge is -2.10. The summed E-state index contributed by atoms with van der Waals surface area (Å²) in [4.78, 5) is 25.7. The molecule has 1 amide bonds. The van der Waals surface area contributed by atoms with Crippen LogP contribution in [-0.4, -0.2) is 22.6 Å². The highest BCUT2D eigenvalue weighted by Crippen LogP contribution is 2.65. The van der Waals surface area contributed by atoms with Gasteiger partial charge in [0.25, 0.3) is 0 Å². The molecule has 0 saturated heterocycles. The van der Waals surface area contributed by atoms with Crippen molar-refractivity contribution in [1.29, 1.82) is 0 Å². The Balaban J connectivity index is 1.41. The number of amides is 1. The highest BCUT2D eigenvalue weighted by atomic mass is 35.5. The number of carbonyl (C=O) groups excluding carboxylic acids is 2. The molecule has 188 valence electrons. The van der Waals surface area contributed by atoms with Crippen LogP contribution in [0.1, 0.15) is 27.4 Å². The monoisotopic (exact) mass is 590 g/mol. The number of alkyl halides is 2. The number of hydrogen-bond donors (Lipinski definition) is 2. The van der Waals surface area contributed by atoms with E-state index in [0.29, 0.717) is 21.3 Å². The quantitative estimate of drug-likeness (QED) is 0.211. The molecule has 0 heterocycles. The van der Waals surface area contributed by atoms with Gasteiger partial charge in [-0.3, -0.25) is 9.59 Å². The van der Waals surface area contributed by atoms with Crippen molar-refractivity contribution in [2.75, 3.05) is 11.9 Å². The van der Waals surface area contributed by atoms with E-state index < -0.39 is 33.7 Å². The zero-order valence-corrected chi connectivity index (χ0v) is 22.0. The molecule has 4 rings (SSSR count). The fourth-order valence-corrected chi connectivity index (χ4v) is 5.52. The van der Waals surface area contributed by atoms with E-state index in [2.05, 4.69) is 10.6 Å². The summed E-state index contributed by atoms with van der Waals surface area (Å²) < 4.78 is 25.5. The van der Waals surface area contributed by atoms with Crippen LogP contribution in [0.15, 0.2) is 54.6 Å². The molecule has 3 aromatic carbocycles. The van der Waals surface area contributed by atoms with Gasteiger partial charge in [0.05, 0.1) is 17.5 Å². The average Bonchev–Trinajstić information content (AvgIpc) is 3.38. The lowest BCUT2D eigenvalue weighted by atomic mass is 10.1. The minimum atomic E-state index is -1.36. The van der Waals surface area contributed by atoms with Crippen LogP contribution in [0.4, 0.5) is 14.5 Å². The van der Waals surface area contributed by atoms with E-state index >= 15 is 0 Å². The van der Waals surface area contributed by atoms with Crippen molar-refractivity contribution in [3.05, 3.63) is 98.0 Å². The Kier molecular flexibility index (Phi) is 8.15. The number of carbonyl (C=O) groups is 2. The van der Waals surface area contributed by atoms with Crippen molar-refractivity contribution in [2.45, 2.75) is 16.8 Å². The number of halogens is 7. The fraction of sp³-hybridized carbons (Fsp3) is 0.200. The molecule has 3 aromatic rings. The summed E-state index contributed by atoms with van der Waals surface area (Å²) in [6.07, 6.45) is 0. The number of ketones is 1. The summed E-state index contributed by atoms with van der Waals surface area (Å²) in [5.74, 6) is -3.55. The third-order valence-electron chi connectivity index (χ3n) is 5.73. The predicted octanol–water partition coefficient (Wildman–Crippen LogP) is 7.42. The fourth-order valence-electron chi connectivity index (χ4n) is 3.93. The second kappa shape index (κ2) is 10.8. The summed E-state index contributed by atoms with van der Waals surface area (Å²) in [7, 11) is 0. The van der Waals surface area contributed by atoms with Gasteiger partial charge < -0.3 is 10.6 Å². The van der Waals surface area contributed by atoms with Crippen molar-refractivity contribution >= 4 is 75.4 Å². The molecule has 1 fully saturated rings. The lowest BCUT2D eigenvalue weighted by molar-refractivity contribution is -0.117. The molecule has 11 heteroatoms. The zero-order chi connectivity index (χ0) is 26.2. The zero-order valence-electron chi connectivity index (χ0n) is 18.2. The number of anilines is 1. The molecule has 1 aliphatic carbocycles. The summed E-state index contributed by atoms with van der Waals surface area (Å²) in [5.41, 5.74) is 1.31. The van der Waals surface area contributed by atoms with Gasteiger partial charge in [-0.15, -0.1) is 23.2 Å². The van der Waals surface area contributed by atoms with Crippen LogP contribution in [0.3, 0.4) is 0 Å². The molecule has 0 aliphatic heterocycles. The third kappa shape index (κ3) is 5.96. The normalized spacial score (nSPS) is 18.1. The van der Waals surface area contributed by atoms with Crippen LogP contribution >= 0.6 is 58.0 Å². The molecule has 2 atom stereocenters. The Morgan fingerprint density at radius 2 is 1.61 bits per heavy atom. The van der Waals surface area contributed by atoms with Crippen molar-refractivity contribution in [1.82, 2.24) is 5.32 Å². The second-order valence-corrected chi connectivity index (χ2v) is 11.0. The van der Waals surface area contributed by atoms with Gasteiger partial charge in [0, 0.05) is 45.4 Å². The molecule has 0 radical (unpaired) electrons. The van der Waals surface area contributed by atoms with Gasteiger partial charge in [-0.25, -0.2) is 8.78 Å².